The van der Waals surface area contributed by atoms with Gasteiger partial charge in [0, 0.05) is 18.8 Å². The maximum absolute atomic E-state index is 13.1. The van der Waals surface area contributed by atoms with E-state index in [-0.39, 0.29) is 10.8 Å². The number of anilines is 1. The lowest BCUT2D eigenvalue weighted by Crippen LogP contribution is -3.13. The number of quaternary nitrogens is 1. The molecule has 0 spiro atoms. The van der Waals surface area contributed by atoms with Gasteiger partial charge in [-0.25, -0.2) is 8.42 Å². The van der Waals surface area contributed by atoms with Gasteiger partial charge in [-0.1, -0.05) is 12.8 Å². The van der Waals surface area contributed by atoms with Crippen LogP contribution in [-0.2, 0) is 14.8 Å². The number of sulfonamides is 1. The molecule has 2 aliphatic rings. The number of methoxy groups -OCH3 is 1. The second kappa shape index (κ2) is 10.4. The van der Waals surface area contributed by atoms with Gasteiger partial charge in [0.05, 0.1) is 20.2 Å². The topological polar surface area (TPSA) is 80.1 Å². The van der Waals surface area contributed by atoms with E-state index in [1.807, 2.05) is 0 Å². The Morgan fingerprint density at radius 2 is 1.66 bits per heavy atom. The van der Waals surface area contributed by atoms with Crippen LogP contribution in [-0.4, -0.2) is 58.5 Å². The molecule has 2 aliphatic heterocycles. The average molecular weight is 425 g/mol. The smallest absolute Gasteiger partial charge is 0.279 e. The van der Waals surface area contributed by atoms with Gasteiger partial charge in [-0.15, -0.1) is 0 Å². The molecule has 0 radical (unpaired) electrons. The lowest BCUT2D eigenvalue weighted by atomic mass is 10.1. The number of nitrogens with zero attached hydrogens (tertiary/aromatic N) is 1. The highest BCUT2D eigenvalue weighted by Crippen LogP contribution is 2.31. The Hall–Kier alpha value is -1.64. The summed E-state index contributed by atoms with van der Waals surface area (Å²) in [6, 6.07) is 4.85. The van der Waals surface area contributed by atoms with Crippen molar-refractivity contribution in [3.05, 3.63) is 18.2 Å². The first-order valence-electron chi connectivity index (χ1n) is 10.8. The van der Waals surface area contributed by atoms with E-state index < -0.39 is 10.0 Å². The lowest BCUT2D eigenvalue weighted by molar-refractivity contribution is -0.892. The summed E-state index contributed by atoms with van der Waals surface area (Å²) in [6.45, 7) is 3.51. The Kier molecular flexibility index (Phi) is 7.91. The van der Waals surface area contributed by atoms with Crippen LogP contribution in [0.25, 0.3) is 0 Å². The number of carbonyl (C=O) groups excluding carboxylic acids is 1. The lowest BCUT2D eigenvalue weighted by Gasteiger charge is -2.26. The van der Waals surface area contributed by atoms with Gasteiger partial charge in [0.15, 0.2) is 6.54 Å². The van der Waals surface area contributed by atoms with Gasteiger partial charge in [0.25, 0.3) is 5.91 Å². The van der Waals surface area contributed by atoms with Gasteiger partial charge in [-0.05, 0) is 56.7 Å². The van der Waals surface area contributed by atoms with Crippen molar-refractivity contribution in [1.82, 2.24) is 4.31 Å². The summed E-state index contributed by atoms with van der Waals surface area (Å²) in [5, 5.41) is 2.89. The first-order chi connectivity index (χ1) is 14.0. The third kappa shape index (κ3) is 5.93. The molecule has 7 nitrogen and oxygen atoms in total. The van der Waals surface area contributed by atoms with Crippen LogP contribution in [0.1, 0.15) is 51.4 Å². The highest BCUT2D eigenvalue weighted by molar-refractivity contribution is 7.89. The van der Waals surface area contributed by atoms with E-state index in [1.165, 1.54) is 41.6 Å². The second-order valence-electron chi connectivity index (χ2n) is 8.07. The predicted octanol–water partition coefficient (Wildman–Crippen LogP) is 1.66. The fourth-order valence-corrected chi connectivity index (χ4v) is 5.91. The van der Waals surface area contributed by atoms with E-state index in [4.69, 9.17) is 4.74 Å². The fraction of sp³-hybridized carbons (Fsp3) is 0.667. The maximum atomic E-state index is 13.1. The number of ether oxygens (including phenoxy) is 1. The van der Waals surface area contributed by atoms with Crippen molar-refractivity contribution < 1.29 is 22.8 Å². The third-order valence-electron chi connectivity index (χ3n) is 5.85. The molecule has 8 heteroatoms. The Morgan fingerprint density at radius 3 is 2.31 bits per heavy atom. The van der Waals surface area contributed by atoms with Crippen molar-refractivity contribution in [2.75, 3.05) is 45.2 Å². The van der Waals surface area contributed by atoms with Gasteiger partial charge in [-0.3, -0.25) is 4.79 Å². The van der Waals surface area contributed by atoms with Crippen LogP contribution in [0.4, 0.5) is 5.69 Å². The molecule has 0 saturated carbocycles. The van der Waals surface area contributed by atoms with E-state index in [0.29, 0.717) is 31.1 Å². The summed E-state index contributed by atoms with van der Waals surface area (Å²) in [7, 11) is -2.18. The van der Waals surface area contributed by atoms with E-state index in [1.54, 1.807) is 12.1 Å². The van der Waals surface area contributed by atoms with E-state index in [9.17, 15) is 13.2 Å². The second-order valence-corrected chi connectivity index (χ2v) is 9.98. The van der Waals surface area contributed by atoms with Gasteiger partial charge in [0.2, 0.25) is 10.0 Å². The Labute approximate surface area is 174 Å². The predicted molar refractivity (Wildman–Crippen MR) is 113 cm³/mol. The minimum absolute atomic E-state index is 0.0768. The molecule has 2 fully saturated rings. The standard InChI is InChI=1S/C21H33N3O4S/c1-28-19-11-10-18(16-20(19)29(26,27)24-14-8-5-9-15-24)22-21(25)17-23-12-6-3-2-4-7-13-23/h10-11,16H,2-9,12-15,17H2,1H3,(H,22,25)/p+1. The summed E-state index contributed by atoms with van der Waals surface area (Å²) in [5.41, 5.74) is 0.498. The first kappa shape index (κ1) is 22.1. The number of rotatable bonds is 6. The van der Waals surface area contributed by atoms with Gasteiger partial charge >= 0.3 is 0 Å². The monoisotopic (exact) mass is 424 g/mol. The summed E-state index contributed by atoms with van der Waals surface area (Å²) in [5.74, 6) is 0.232. The molecule has 0 bridgehead atoms. The largest absolute Gasteiger partial charge is 0.495 e. The number of likely N-dealkylation sites (tertiary alicyclic amines) is 1. The molecule has 0 unspecified atom stereocenters. The van der Waals surface area contributed by atoms with Crippen LogP contribution in [0.3, 0.4) is 0 Å². The molecule has 2 saturated heterocycles. The molecule has 1 aromatic carbocycles. The van der Waals surface area contributed by atoms with Crippen molar-refractivity contribution in [3.8, 4) is 5.75 Å². The highest BCUT2D eigenvalue weighted by atomic mass is 32.2. The van der Waals surface area contributed by atoms with Crippen molar-refractivity contribution >= 4 is 21.6 Å². The van der Waals surface area contributed by atoms with Crippen molar-refractivity contribution in [2.45, 2.75) is 56.3 Å². The van der Waals surface area contributed by atoms with Crippen molar-refractivity contribution in [2.24, 2.45) is 0 Å². The Balaban J connectivity index is 1.71. The van der Waals surface area contributed by atoms with Gasteiger partial charge < -0.3 is 15.0 Å². The molecule has 0 aliphatic carbocycles. The Morgan fingerprint density at radius 1 is 1.03 bits per heavy atom. The average Bonchev–Trinajstić information content (AvgIpc) is 2.70. The quantitative estimate of drug-likeness (QED) is 0.728. The number of hydrogen-bond acceptors (Lipinski definition) is 4. The number of benzene rings is 1. The zero-order valence-electron chi connectivity index (χ0n) is 17.4. The van der Waals surface area contributed by atoms with E-state index in [0.717, 1.165) is 45.2 Å². The number of piperidine rings is 1. The molecule has 3 rings (SSSR count). The maximum Gasteiger partial charge on any atom is 0.279 e. The normalized spacial score (nSPS) is 19.9. The summed E-state index contributed by atoms with van der Waals surface area (Å²) < 4.78 is 33.1. The molecule has 1 amide bonds. The summed E-state index contributed by atoms with van der Waals surface area (Å²) in [4.78, 5) is 14.0. The number of amides is 1. The third-order valence-corrected chi connectivity index (χ3v) is 7.77. The van der Waals surface area contributed by atoms with Crippen LogP contribution < -0.4 is 15.0 Å². The zero-order chi connectivity index (χ0) is 20.7. The van der Waals surface area contributed by atoms with Crippen molar-refractivity contribution in [1.29, 1.82) is 0 Å². The molecule has 2 N–H and O–H groups in total. The molecule has 2 heterocycles. The minimum atomic E-state index is -3.65. The summed E-state index contributed by atoms with van der Waals surface area (Å²) in [6.07, 6.45) is 8.88. The van der Waals surface area contributed by atoms with Gasteiger partial charge in [-0.2, -0.15) is 4.31 Å². The first-order valence-corrected chi connectivity index (χ1v) is 12.3. The summed E-state index contributed by atoms with van der Waals surface area (Å²) >= 11 is 0. The molecule has 0 aromatic heterocycles. The fourth-order valence-electron chi connectivity index (χ4n) is 4.21. The molecule has 1 aromatic rings. The van der Waals surface area contributed by atoms with Crippen LogP contribution >= 0.6 is 0 Å². The van der Waals surface area contributed by atoms with Crippen LogP contribution in [0, 0.1) is 0 Å². The number of nitrogens with one attached hydrogen (secondary N) is 2. The molecular weight excluding hydrogens is 390 g/mol. The highest BCUT2D eigenvalue weighted by Gasteiger charge is 2.29. The number of hydrogen-bond donors (Lipinski definition) is 2. The molecule has 29 heavy (non-hydrogen) atoms. The zero-order valence-corrected chi connectivity index (χ0v) is 18.2. The number of carbonyl (C=O) groups is 1. The SMILES string of the molecule is COc1ccc(NC(=O)C[NH+]2CCCCCCC2)cc1S(=O)(=O)N1CCCCC1. The minimum Gasteiger partial charge on any atom is -0.495 e. The van der Waals surface area contributed by atoms with Crippen LogP contribution in [0.5, 0.6) is 5.75 Å². The van der Waals surface area contributed by atoms with E-state index in [2.05, 4.69) is 5.32 Å². The molecule has 0 atom stereocenters. The van der Waals surface area contributed by atoms with Crippen LogP contribution in [0.2, 0.25) is 0 Å². The van der Waals surface area contributed by atoms with E-state index >= 15 is 0 Å². The molecular formula is C21H34N3O4S+. The Bertz CT molecular complexity index is 783. The van der Waals surface area contributed by atoms with Crippen LogP contribution in [0.15, 0.2) is 23.1 Å². The molecule has 162 valence electrons. The van der Waals surface area contributed by atoms with Gasteiger partial charge in [0.1, 0.15) is 10.6 Å². The van der Waals surface area contributed by atoms with Crippen molar-refractivity contribution in [3.63, 3.8) is 0 Å².